The van der Waals surface area contributed by atoms with E-state index in [4.69, 9.17) is 4.42 Å². The van der Waals surface area contributed by atoms with Crippen molar-refractivity contribution in [3.8, 4) is 17.0 Å². The zero-order valence-electron chi connectivity index (χ0n) is 18.7. The molecule has 2 heterocycles. The second-order valence-electron chi connectivity index (χ2n) is 7.89. The van der Waals surface area contributed by atoms with E-state index >= 15 is 0 Å². The number of alkyl halides is 3. The molecule has 0 saturated heterocycles. The number of aromatic amines is 1. The molecule has 0 aliphatic heterocycles. The summed E-state index contributed by atoms with van der Waals surface area (Å²) in [5.74, 6) is 0.619. The monoisotopic (exact) mass is 504 g/mol. The third-order valence-electron chi connectivity index (χ3n) is 5.41. The summed E-state index contributed by atoms with van der Waals surface area (Å²) in [5, 5.41) is 5.94. The highest BCUT2D eigenvalue weighted by Gasteiger charge is 2.30. The molecule has 36 heavy (non-hydrogen) atoms. The molecule has 180 valence electrons. The van der Waals surface area contributed by atoms with Crippen molar-refractivity contribution in [3.63, 3.8) is 0 Å². The molecule has 2 aromatic heterocycles. The highest BCUT2D eigenvalue weighted by Crippen LogP contribution is 2.32. The van der Waals surface area contributed by atoms with Crippen LogP contribution in [0.25, 0.3) is 28.5 Å². The van der Waals surface area contributed by atoms with Gasteiger partial charge in [-0.05, 0) is 54.6 Å². The normalized spacial score (nSPS) is 12.9. The number of para-hydroxylation sites is 1. The Morgan fingerprint density at radius 2 is 1.58 bits per heavy atom. The van der Waals surface area contributed by atoms with Crippen LogP contribution in [0, 0.1) is 0 Å². The van der Waals surface area contributed by atoms with Crippen LogP contribution in [-0.2, 0) is 6.18 Å². The minimum Gasteiger partial charge on any atom is -0.457 e. The number of furan rings is 1. The van der Waals surface area contributed by atoms with Crippen molar-refractivity contribution in [3.05, 3.63) is 129 Å². The Morgan fingerprint density at radius 3 is 2.31 bits per heavy atom. The smallest absolute Gasteiger partial charge is 0.416 e. The van der Waals surface area contributed by atoms with Crippen LogP contribution in [0.15, 0.2) is 111 Å². The van der Waals surface area contributed by atoms with Crippen LogP contribution in [0.4, 0.5) is 13.2 Å². The maximum absolute atomic E-state index is 13.3. The van der Waals surface area contributed by atoms with Crippen molar-refractivity contribution < 1.29 is 17.6 Å². The second kappa shape index (κ2) is 9.83. The highest BCUT2D eigenvalue weighted by molar-refractivity contribution is 8.06. The molecule has 0 spiro atoms. The van der Waals surface area contributed by atoms with E-state index in [2.05, 4.69) is 5.10 Å². The first-order valence-corrected chi connectivity index (χ1v) is 11.8. The summed E-state index contributed by atoms with van der Waals surface area (Å²) in [5.41, 5.74) is -0.0662. The van der Waals surface area contributed by atoms with Gasteiger partial charge in [0.1, 0.15) is 11.5 Å². The lowest BCUT2D eigenvalue weighted by molar-refractivity contribution is -0.137. The van der Waals surface area contributed by atoms with Gasteiger partial charge in [0.15, 0.2) is 0 Å². The van der Waals surface area contributed by atoms with E-state index in [9.17, 15) is 18.0 Å². The summed E-state index contributed by atoms with van der Waals surface area (Å²) in [6, 6.07) is 27.0. The SMILES string of the molecule is O=c1c(=C/c2ccc(-c3cccc(C(F)(F)F)c3)o2)/c(=C/Sc2ccccc2)[nH]n1-c1ccccc1. The fourth-order valence-electron chi connectivity index (χ4n) is 3.66. The maximum atomic E-state index is 13.3. The van der Waals surface area contributed by atoms with Gasteiger partial charge < -0.3 is 4.42 Å². The number of rotatable bonds is 5. The molecular formula is C28H19F3N2O2S. The zero-order chi connectivity index (χ0) is 25.1. The van der Waals surface area contributed by atoms with Crippen LogP contribution >= 0.6 is 11.8 Å². The Morgan fingerprint density at radius 1 is 0.861 bits per heavy atom. The number of benzene rings is 3. The summed E-state index contributed by atoms with van der Waals surface area (Å²) in [6.07, 6.45) is -2.86. The van der Waals surface area contributed by atoms with E-state index in [1.807, 2.05) is 66.1 Å². The van der Waals surface area contributed by atoms with Gasteiger partial charge in [0, 0.05) is 15.9 Å². The molecule has 3 aromatic carbocycles. The van der Waals surface area contributed by atoms with E-state index < -0.39 is 11.7 Å². The van der Waals surface area contributed by atoms with Crippen LogP contribution in [0.5, 0.6) is 0 Å². The van der Waals surface area contributed by atoms with Gasteiger partial charge in [-0.3, -0.25) is 9.89 Å². The Hall–Kier alpha value is -4.17. The Labute approximate surface area is 208 Å². The Bertz CT molecular complexity index is 1670. The minimum absolute atomic E-state index is 0.274. The Kier molecular flexibility index (Phi) is 6.43. The van der Waals surface area contributed by atoms with E-state index in [0.29, 0.717) is 27.6 Å². The predicted molar refractivity (Wildman–Crippen MR) is 135 cm³/mol. The molecule has 0 saturated carbocycles. The van der Waals surface area contributed by atoms with Gasteiger partial charge in [-0.15, -0.1) is 0 Å². The number of hydrogen-bond acceptors (Lipinski definition) is 3. The molecule has 0 radical (unpaired) electrons. The van der Waals surface area contributed by atoms with Gasteiger partial charge in [-0.1, -0.05) is 60.3 Å². The highest BCUT2D eigenvalue weighted by atomic mass is 32.2. The van der Waals surface area contributed by atoms with Gasteiger partial charge in [-0.25, -0.2) is 4.68 Å². The minimum atomic E-state index is -4.45. The van der Waals surface area contributed by atoms with E-state index in [-0.39, 0.29) is 11.3 Å². The quantitative estimate of drug-likeness (QED) is 0.308. The first-order valence-electron chi connectivity index (χ1n) is 11.0. The number of halogens is 3. The largest absolute Gasteiger partial charge is 0.457 e. The fraction of sp³-hybridized carbons (Fsp3) is 0.0357. The van der Waals surface area contributed by atoms with Crippen LogP contribution < -0.4 is 16.1 Å². The summed E-state index contributed by atoms with van der Waals surface area (Å²) in [6.45, 7) is 0. The average molecular weight is 505 g/mol. The first kappa shape index (κ1) is 23.6. The van der Waals surface area contributed by atoms with Crippen molar-refractivity contribution in [2.45, 2.75) is 11.1 Å². The lowest BCUT2D eigenvalue weighted by atomic mass is 10.1. The third kappa shape index (κ3) is 5.08. The van der Waals surface area contributed by atoms with Crippen LogP contribution in [0.2, 0.25) is 0 Å². The first-order chi connectivity index (χ1) is 17.4. The molecule has 5 aromatic rings. The van der Waals surface area contributed by atoms with Crippen LogP contribution in [0.1, 0.15) is 11.3 Å². The van der Waals surface area contributed by atoms with Gasteiger partial charge >= 0.3 is 6.18 Å². The van der Waals surface area contributed by atoms with E-state index in [1.165, 1.54) is 22.5 Å². The lowest BCUT2D eigenvalue weighted by Gasteiger charge is -2.07. The fourth-order valence-corrected chi connectivity index (χ4v) is 4.41. The topological polar surface area (TPSA) is 50.9 Å². The lowest BCUT2D eigenvalue weighted by Crippen LogP contribution is -2.34. The molecular weight excluding hydrogens is 485 g/mol. The van der Waals surface area contributed by atoms with E-state index in [0.717, 1.165) is 17.0 Å². The van der Waals surface area contributed by atoms with Crippen molar-refractivity contribution in [1.82, 2.24) is 9.78 Å². The molecule has 0 amide bonds. The molecule has 4 nitrogen and oxygen atoms in total. The van der Waals surface area contributed by atoms with Gasteiger partial charge in [0.05, 0.1) is 21.8 Å². The van der Waals surface area contributed by atoms with Crippen molar-refractivity contribution >= 4 is 23.2 Å². The predicted octanol–water partition coefficient (Wildman–Crippen LogP) is 5.80. The average Bonchev–Trinajstić information content (AvgIpc) is 3.49. The molecule has 0 bridgehead atoms. The number of aromatic nitrogens is 2. The van der Waals surface area contributed by atoms with Gasteiger partial charge in [-0.2, -0.15) is 13.2 Å². The van der Waals surface area contributed by atoms with Crippen molar-refractivity contribution in [2.75, 3.05) is 0 Å². The zero-order valence-corrected chi connectivity index (χ0v) is 19.5. The summed E-state index contributed by atoms with van der Waals surface area (Å²) in [4.78, 5) is 14.3. The summed E-state index contributed by atoms with van der Waals surface area (Å²) >= 11 is 1.46. The van der Waals surface area contributed by atoms with Gasteiger partial charge in [0.25, 0.3) is 5.56 Å². The summed E-state index contributed by atoms with van der Waals surface area (Å²) < 4.78 is 46.6. The number of nitrogens with one attached hydrogen (secondary N) is 1. The second-order valence-corrected chi connectivity index (χ2v) is 8.83. The molecule has 0 aliphatic rings. The summed E-state index contributed by atoms with van der Waals surface area (Å²) in [7, 11) is 0. The van der Waals surface area contributed by atoms with Gasteiger partial charge in [0.2, 0.25) is 0 Å². The van der Waals surface area contributed by atoms with Crippen molar-refractivity contribution in [1.29, 1.82) is 0 Å². The molecule has 0 atom stereocenters. The third-order valence-corrected chi connectivity index (χ3v) is 6.31. The number of nitrogens with zero attached hydrogens (tertiary/aromatic N) is 1. The molecule has 0 unspecified atom stereocenters. The van der Waals surface area contributed by atoms with E-state index in [1.54, 1.807) is 24.3 Å². The maximum Gasteiger partial charge on any atom is 0.416 e. The molecule has 0 fully saturated rings. The number of hydrogen-bond donors (Lipinski definition) is 1. The number of H-pyrrole nitrogens is 1. The molecule has 0 aliphatic carbocycles. The standard InChI is InChI=1S/C28H19F3N2O2S/c29-28(30,31)20-9-7-8-19(16-20)26-15-14-22(35-26)17-24-25(18-36-23-12-5-2-6-13-23)32-33(27(24)34)21-10-3-1-4-11-21/h1-18,32H/b24-17+,25-18-. The molecule has 1 N–H and O–H groups in total. The number of thioether (sulfide) groups is 1. The van der Waals surface area contributed by atoms with Crippen LogP contribution in [-0.4, -0.2) is 9.78 Å². The Balaban J connectivity index is 1.59. The molecule has 8 heteroatoms. The van der Waals surface area contributed by atoms with Crippen LogP contribution in [0.3, 0.4) is 0 Å². The molecule has 5 rings (SSSR count). The van der Waals surface area contributed by atoms with Crippen molar-refractivity contribution in [2.24, 2.45) is 0 Å².